The van der Waals surface area contributed by atoms with E-state index in [2.05, 4.69) is 15.4 Å². The average Bonchev–Trinajstić information content (AvgIpc) is 2.63. The number of hydrogen-bond donors (Lipinski definition) is 3. The second-order valence-electron chi connectivity index (χ2n) is 6.13. The lowest BCUT2D eigenvalue weighted by Crippen LogP contribution is -2.25. The van der Waals surface area contributed by atoms with Crippen molar-refractivity contribution in [1.29, 1.82) is 0 Å². The van der Waals surface area contributed by atoms with Crippen LogP contribution in [0.4, 0.5) is 11.4 Å². The minimum absolute atomic E-state index is 0.0515. The van der Waals surface area contributed by atoms with Crippen LogP contribution in [0, 0.1) is 13.8 Å². The summed E-state index contributed by atoms with van der Waals surface area (Å²) in [5.41, 5.74) is 2.38. The third kappa shape index (κ3) is 3.79. The van der Waals surface area contributed by atoms with Crippen LogP contribution in [0.2, 0.25) is 0 Å². The van der Waals surface area contributed by atoms with E-state index in [-0.39, 0.29) is 23.0 Å². The second-order valence-corrected chi connectivity index (χ2v) is 7.98. The van der Waals surface area contributed by atoms with Crippen LogP contribution in [-0.4, -0.2) is 33.9 Å². The van der Waals surface area contributed by atoms with Gasteiger partial charge in [-0.25, -0.2) is 13.1 Å². The molecule has 0 saturated heterocycles. The van der Waals surface area contributed by atoms with Crippen LogP contribution in [0.25, 0.3) is 0 Å². The van der Waals surface area contributed by atoms with Gasteiger partial charge in [0.1, 0.15) is 5.75 Å². The number of carbonyl (C=O) groups excluding carboxylic acids is 2. The molecule has 1 heterocycles. The number of carbonyl (C=O) groups is 2. The number of ether oxygens (including phenoxy) is 1. The molecule has 3 rings (SSSR count). The van der Waals surface area contributed by atoms with Crippen molar-refractivity contribution in [3.63, 3.8) is 0 Å². The molecular formula is C18H19N3O5S. The second kappa shape index (κ2) is 7.01. The number of sulfonamides is 1. The van der Waals surface area contributed by atoms with Crippen molar-refractivity contribution in [2.45, 2.75) is 18.7 Å². The Morgan fingerprint density at radius 1 is 1.19 bits per heavy atom. The van der Waals surface area contributed by atoms with Crippen LogP contribution in [0.1, 0.15) is 21.5 Å². The molecule has 2 aromatic carbocycles. The Labute approximate surface area is 157 Å². The van der Waals surface area contributed by atoms with E-state index in [0.29, 0.717) is 28.3 Å². The van der Waals surface area contributed by atoms with Crippen LogP contribution >= 0.6 is 0 Å². The molecule has 0 bridgehead atoms. The Bertz CT molecular complexity index is 1050. The zero-order valence-electron chi connectivity index (χ0n) is 15.0. The number of benzene rings is 2. The number of aryl methyl sites for hydroxylation is 1. The number of hydrogen-bond acceptors (Lipinski definition) is 5. The van der Waals surface area contributed by atoms with Crippen molar-refractivity contribution in [3.8, 4) is 5.75 Å². The molecule has 0 atom stereocenters. The number of amides is 2. The highest BCUT2D eigenvalue weighted by Crippen LogP contribution is 2.30. The van der Waals surface area contributed by atoms with E-state index < -0.39 is 15.9 Å². The smallest absolute Gasteiger partial charge is 0.262 e. The summed E-state index contributed by atoms with van der Waals surface area (Å²) in [6.07, 6.45) is 0. The zero-order valence-corrected chi connectivity index (χ0v) is 15.9. The first-order chi connectivity index (χ1) is 12.7. The Morgan fingerprint density at radius 3 is 2.63 bits per heavy atom. The molecular weight excluding hydrogens is 370 g/mol. The highest BCUT2D eigenvalue weighted by molar-refractivity contribution is 7.89. The zero-order chi connectivity index (χ0) is 19.8. The maximum Gasteiger partial charge on any atom is 0.262 e. The third-order valence-electron chi connectivity index (χ3n) is 4.31. The molecule has 0 aromatic heterocycles. The molecule has 3 N–H and O–H groups in total. The topological polar surface area (TPSA) is 114 Å². The normalized spacial score (nSPS) is 13.4. The van der Waals surface area contributed by atoms with Gasteiger partial charge in [0.15, 0.2) is 6.61 Å². The van der Waals surface area contributed by atoms with Crippen LogP contribution in [0.5, 0.6) is 5.75 Å². The summed E-state index contributed by atoms with van der Waals surface area (Å²) in [5, 5.41) is 5.37. The van der Waals surface area contributed by atoms with Crippen molar-refractivity contribution in [2.75, 3.05) is 24.3 Å². The van der Waals surface area contributed by atoms with Crippen molar-refractivity contribution < 1.29 is 22.7 Å². The Morgan fingerprint density at radius 2 is 1.93 bits per heavy atom. The largest absolute Gasteiger partial charge is 0.482 e. The van der Waals surface area contributed by atoms with Gasteiger partial charge in [-0.15, -0.1) is 0 Å². The van der Waals surface area contributed by atoms with E-state index in [1.54, 1.807) is 38.1 Å². The van der Waals surface area contributed by atoms with Gasteiger partial charge in [-0.2, -0.15) is 0 Å². The highest BCUT2D eigenvalue weighted by Gasteiger charge is 2.20. The first kappa shape index (κ1) is 18.9. The van der Waals surface area contributed by atoms with E-state index in [4.69, 9.17) is 4.74 Å². The van der Waals surface area contributed by atoms with Crippen LogP contribution < -0.4 is 20.1 Å². The maximum atomic E-state index is 12.6. The Hall–Kier alpha value is -2.91. The first-order valence-corrected chi connectivity index (χ1v) is 9.62. The third-order valence-corrected chi connectivity index (χ3v) is 5.85. The van der Waals surface area contributed by atoms with Gasteiger partial charge in [0, 0.05) is 11.3 Å². The van der Waals surface area contributed by atoms with Gasteiger partial charge in [-0.3, -0.25) is 9.59 Å². The predicted molar refractivity (Wildman–Crippen MR) is 101 cm³/mol. The molecule has 1 aliphatic rings. The fourth-order valence-corrected chi connectivity index (χ4v) is 3.78. The molecule has 0 unspecified atom stereocenters. The Kier molecular flexibility index (Phi) is 4.90. The summed E-state index contributed by atoms with van der Waals surface area (Å²) in [6, 6.07) is 7.83. The van der Waals surface area contributed by atoms with Gasteiger partial charge < -0.3 is 15.4 Å². The molecule has 142 valence electrons. The lowest BCUT2D eigenvalue weighted by Gasteiger charge is -2.18. The van der Waals surface area contributed by atoms with Crippen molar-refractivity contribution in [3.05, 3.63) is 47.0 Å². The molecule has 27 heavy (non-hydrogen) atoms. The molecule has 0 radical (unpaired) electrons. The quantitative estimate of drug-likeness (QED) is 0.738. The van der Waals surface area contributed by atoms with Gasteiger partial charge in [0.2, 0.25) is 10.0 Å². The Balaban J connectivity index is 1.91. The summed E-state index contributed by atoms with van der Waals surface area (Å²) in [4.78, 5) is 24.1. The van der Waals surface area contributed by atoms with E-state index in [1.807, 2.05) is 0 Å². The van der Waals surface area contributed by atoms with Crippen LogP contribution in [0.3, 0.4) is 0 Å². The number of nitrogens with one attached hydrogen (secondary N) is 3. The summed E-state index contributed by atoms with van der Waals surface area (Å²) in [5.74, 6) is -0.225. The van der Waals surface area contributed by atoms with Crippen molar-refractivity contribution >= 4 is 33.2 Å². The van der Waals surface area contributed by atoms with Gasteiger partial charge in [-0.05, 0) is 62.4 Å². The first-order valence-electron chi connectivity index (χ1n) is 8.14. The molecule has 1 aliphatic heterocycles. The minimum Gasteiger partial charge on any atom is -0.482 e. The maximum absolute atomic E-state index is 12.6. The summed E-state index contributed by atoms with van der Waals surface area (Å²) >= 11 is 0. The van der Waals surface area contributed by atoms with E-state index >= 15 is 0 Å². The van der Waals surface area contributed by atoms with Gasteiger partial charge in [-0.1, -0.05) is 0 Å². The monoisotopic (exact) mass is 389 g/mol. The molecule has 0 fully saturated rings. The molecule has 9 heteroatoms. The lowest BCUT2D eigenvalue weighted by atomic mass is 10.1. The van der Waals surface area contributed by atoms with Crippen molar-refractivity contribution in [1.82, 2.24) is 4.72 Å². The van der Waals surface area contributed by atoms with E-state index in [9.17, 15) is 18.0 Å². The molecule has 2 amide bonds. The molecule has 0 aliphatic carbocycles. The van der Waals surface area contributed by atoms with E-state index in [0.717, 1.165) is 0 Å². The number of fused-ring (bicyclic) bond motifs is 1. The molecule has 8 nitrogen and oxygen atoms in total. The van der Waals surface area contributed by atoms with E-state index in [1.165, 1.54) is 13.1 Å². The van der Waals surface area contributed by atoms with Crippen LogP contribution in [-0.2, 0) is 14.8 Å². The van der Waals surface area contributed by atoms with Crippen molar-refractivity contribution in [2.24, 2.45) is 0 Å². The fraction of sp³-hybridized carbons (Fsp3) is 0.222. The van der Waals surface area contributed by atoms with Gasteiger partial charge >= 0.3 is 0 Å². The lowest BCUT2D eigenvalue weighted by molar-refractivity contribution is -0.118. The summed E-state index contributed by atoms with van der Waals surface area (Å²) < 4.78 is 31.9. The minimum atomic E-state index is -3.69. The van der Waals surface area contributed by atoms with Crippen LogP contribution in [0.15, 0.2) is 35.2 Å². The van der Waals surface area contributed by atoms with Gasteiger partial charge in [0.25, 0.3) is 11.8 Å². The SMILES string of the molecule is CNS(=O)(=O)c1cc(C(=O)Nc2ccc3c(c2)NC(=O)CO3)cc(C)c1C. The summed E-state index contributed by atoms with van der Waals surface area (Å²) in [7, 11) is -2.37. The van der Waals surface area contributed by atoms with Gasteiger partial charge in [0.05, 0.1) is 10.6 Å². The molecule has 2 aromatic rings. The number of anilines is 2. The fourth-order valence-electron chi connectivity index (χ4n) is 2.71. The highest BCUT2D eigenvalue weighted by atomic mass is 32.2. The summed E-state index contributed by atoms with van der Waals surface area (Å²) in [6.45, 7) is 3.38. The molecule has 0 spiro atoms. The predicted octanol–water partition coefficient (Wildman–Crippen LogP) is 1.79. The average molecular weight is 389 g/mol. The standard InChI is InChI=1S/C18H19N3O5S/c1-10-6-12(7-16(11(10)2)27(24,25)19-3)18(23)20-13-4-5-15-14(8-13)21-17(22)9-26-15/h4-8,19H,9H2,1-3H3,(H,20,23)(H,21,22). The molecule has 0 saturated carbocycles. The number of rotatable bonds is 4.